The molecule has 0 aromatic heterocycles. The minimum absolute atomic E-state index is 0.0317. The summed E-state index contributed by atoms with van der Waals surface area (Å²) in [6.45, 7) is 3.16. The fourth-order valence-corrected chi connectivity index (χ4v) is 2.23. The molecule has 1 fully saturated rings. The van der Waals surface area contributed by atoms with Crippen molar-refractivity contribution in [2.45, 2.75) is 12.6 Å². The Kier molecular flexibility index (Phi) is 2.38. The van der Waals surface area contributed by atoms with Crippen LogP contribution in [0.4, 0.5) is 0 Å². The van der Waals surface area contributed by atoms with Crippen molar-refractivity contribution in [2.75, 3.05) is 19.7 Å². The van der Waals surface area contributed by atoms with Crippen molar-refractivity contribution >= 4 is 5.91 Å². The van der Waals surface area contributed by atoms with E-state index in [0.717, 1.165) is 36.4 Å². The minimum Gasteiger partial charge on any atom is -0.371 e. The summed E-state index contributed by atoms with van der Waals surface area (Å²) >= 11 is 0. The van der Waals surface area contributed by atoms with Gasteiger partial charge in [0.25, 0.3) is 5.91 Å². The Hall–Kier alpha value is -1.39. The first kappa shape index (κ1) is 9.81. The Morgan fingerprint density at radius 2 is 2.31 bits per heavy atom. The summed E-state index contributed by atoms with van der Waals surface area (Å²) in [7, 11) is 0. The van der Waals surface area contributed by atoms with E-state index in [0.29, 0.717) is 6.54 Å². The Balaban J connectivity index is 1.89. The number of nitrogens with one attached hydrogen (secondary N) is 2. The third kappa shape index (κ3) is 1.60. The second-order valence-electron chi connectivity index (χ2n) is 4.16. The molecule has 1 saturated heterocycles. The molecule has 4 heteroatoms. The fraction of sp³-hybridized carbons (Fsp3) is 0.417. The molecule has 0 aliphatic carbocycles. The van der Waals surface area contributed by atoms with Crippen LogP contribution in [0.15, 0.2) is 18.2 Å². The number of hydrogen-bond donors (Lipinski definition) is 2. The monoisotopic (exact) mass is 218 g/mol. The van der Waals surface area contributed by atoms with Crippen molar-refractivity contribution in [2.24, 2.45) is 0 Å². The largest absolute Gasteiger partial charge is 0.371 e. The van der Waals surface area contributed by atoms with Gasteiger partial charge >= 0.3 is 0 Å². The third-order valence-electron chi connectivity index (χ3n) is 3.11. The van der Waals surface area contributed by atoms with Crippen molar-refractivity contribution in [3.8, 4) is 0 Å². The predicted molar refractivity (Wildman–Crippen MR) is 59.2 cm³/mol. The zero-order valence-corrected chi connectivity index (χ0v) is 8.95. The molecule has 0 spiro atoms. The molecule has 1 atom stereocenters. The average Bonchev–Trinajstić information content (AvgIpc) is 2.72. The van der Waals surface area contributed by atoms with Gasteiger partial charge in [-0.15, -0.1) is 0 Å². The normalized spacial score (nSPS) is 24.0. The fourth-order valence-electron chi connectivity index (χ4n) is 2.23. The molecule has 1 aromatic carbocycles. The number of hydrogen-bond acceptors (Lipinski definition) is 3. The number of fused-ring (bicyclic) bond motifs is 1. The van der Waals surface area contributed by atoms with Crippen molar-refractivity contribution in [3.05, 3.63) is 34.9 Å². The molecule has 2 heterocycles. The molecule has 1 unspecified atom stereocenters. The summed E-state index contributed by atoms with van der Waals surface area (Å²) in [6.07, 6.45) is 0.120. The van der Waals surface area contributed by atoms with E-state index in [1.165, 1.54) is 0 Å². The molecule has 16 heavy (non-hydrogen) atoms. The molecule has 4 nitrogen and oxygen atoms in total. The lowest BCUT2D eigenvalue weighted by atomic mass is 10.0. The van der Waals surface area contributed by atoms with Crippen molar-refractivity contribution in [3.63, 3.8) is 0 Å². The highest BCUT2D eigenvalue weighted by atomic mass is 16.5. The van der Waals surface area contributed by atoms with E-state index in [4.69, 9.17) is 4.74 Å². The zero-order valence-electron chi connectivity index (χ0n) is 8.95. The highest BCUT2D eigenvalue weighted by Crippen LogP contribution is 2.24. The number of carbonyl (C=O) groups is 1. The van der Waals surface area contributed by atoms with Crippen LogP contribution < -0.4 is 10.6 Å². The van der Waals surface area contributed by atoms with Crippen LogP contribution in [0.3, 0.4) is 0 Å². The molecule has 3 rings (SSSR count). The van der Waals surface area contributed by atoms with Gasteiger partial charge in [-0.05, 0) is 17.2 Å². The first-order valence-corrected chi connectivity index (χ1v) is 5.58. The Labute approximate surface area is 94.0 Å². The van der Waals surface area contributed by atoms with E-state index in [1.807, 2.05) is 12.1 Å². The second-order valence-corrected chi connectivity index (χ2v) is 4.16. The number of rotatable bonds is 1. The van der Waals surface area contributed by atoms with Crippen LogP contribution in [0.5, 0.6) is 0 Å². The van der Waals surface area contributed by atoms with Gasteiger partial charge < -0.3 is 15.4 Å². The van der Waals surface area contributed by atoms with Crippen LogP contribution in [0.25, 0.3) is 0 Å². The highest BCUT2D eigenvalue weighted by Gasteiger charge is 2.22. The summed E-state index contributed by atoms with van der Waals surface area (Å²) in [4.78, 5) is 11.4. The highest BCUT2D eigenvalue weighted by molar-refractivity contribution is 5.98. The first-order valence-electron chi connectivity index (χ1n) is 5.58. The third-order valence-corrected chi connectivity index (χ3v) is 3.11. The van der Waals surface area contributed by atoms with Crippen LogP contribution >= 0.6 is 0 Å². The lowest BCUT2D eigenvalue weighted by Crippen LogP contribution is -2.33. The van der Waals surface area contributed by atoms with E-state index in [2.05, 4.69) is 16.7 Å². The maximum absolute atomic E-state index is 11.4. The molecule has 0 saturated carbocycles. The second kappa shape index (κ2) is 3.88. The summed E-state index contributed by atoms with van der Waals surface area (Å²) in [5, 5.41) is 6.12. The van der Waals surface area contributed by atoms with Crippen LogP contribution in [0, 0.1) is 0 Å². The van der Waals surface area contributed by atoms with Crippen molar-refractivity contribution < 1.29 is 9.53 Å². The van der Waals surface area contributed by atoms with Gasteiger partial charge in [0.15, 0.2) is 0 Å². The zero-order chi connectivity index (χ0) is 11.0. The number of ether oxygens (including phenoxy) is 1. The quantitative estimate of drug-likeness (QED) is 0.725. The van der Waals surface area contributed by atoms with Gasteiger partial charge in [0, 0.05) is 25.2 Å². The molecule has 84 valence electrons. The standard InChI is InChI=1S/C12H14N2O2/c15-12-10-2-1-8(5-9(10)6-14-12)11-7-13-3-4-16-11/h1-2,5,11,13H,3-4,6-7H2,(H,14,15). The number of benzene rings is 1. The summed E-state index contributed by atoms with van der Waals surface area (Å²) in [5.41, 5.74) is 3.03. The smallest absolute Gasteiger partial charge is 0.251 e. The maximum Gasteiger partial charge on any atom is 0.251 e. The number of morpholine rings is 1. The van der Waals surface area contributed by atoms with Crippen LogP contribution in [-0.4, -0.2) is 25.6 Å². The van der Waals surface area contributed by atoms with Crippen molar-refractivity contribution in [1.82, 2.24) is 10.6 Å². The molecular formula is C12H14N2O2. The molecule has 2 N–H and O–H groups in total. The minimum atomic E-state index is 0.0317. The molecular weight excluding hydrogens is 204 g/mol. The molecule has 1 amide bonds. The predicted octanol–water partition coefficient (Wildman–Crippen LogP) is 0.591. The van der Waals surface area contributed by atoms with E-state index >= 15 is 0 Å². The SMILES string of the molecule is O=C1NCc2cc(C3CNCCO3)ccc21. The van der Waals surface area contributed by atoms with Gasteiger partial charge in [0.05, 0.1) is 12.7 Å². The topological polar surface area (TPSA) is 50.4 Å². The van der Waals surface area contributed by atoms with E-state index in [9.17, 15) is 4.79 Å². The van der Waals surface area contributed by atoms with Gasteiger partial charge in [0.2, 0.25) is 0 Å². The van der Waals surface area contributed by atoms with E-state index in [1.54, 1.807) is 0 Å². The molecule has 0 bridgehead atoms. The summed E-state index contributed by atoms with van der Waals surface area (Å²) < 4.78 is 5.68. The number of carbonyl (C=O) groups excluding carboxylic acids is 1. The first-order chi connectivity index (χ1) is 7.84. The van der Waals surface area contributed by atoms with Gasteiger partial charge in [-0.25, -0.2) is 0 Å². The van der Waals surface area contributed by atoms with Gasteiger partial charge in [-0.3, -0.25) is 4.79 Å². The van der Waals surface area contributed by atoms with E-state index in [-0.39, 0.29) is 12.0 Å². The summed E-state index contributed by atoms with van der Waals surface area (Å²) in [5.74, 6) is 0.0317. The lowest BCUT2D eigenvalue weighted by Gasteiger charge is -2.24. The maximum atomic E-state index is 11.4. The Morgan fingerprint density at radius 3 is 3.12 bits per heavy atom. The van der Waals surface area contributed by atoms with Crippen LogP contribution in [-0.2, 0) is 11.3 Å². The molecule has 2 aliphatic rings. The van der Waals surface area contributed by atoms with Gasteiger partial charge in [0.1, 0.15) is 0 Å². The van der Waals surface area contributed by atoms with Crippen molar-refractivity contribution in [1.29, 1.82) is 0 Å². The Bertz CT molecular complexity index is 425. The van der Waals surface area contributed by atoms with Gasteiger partial charge in [-0.1, -0.05) is 12.1 Å². The molecule has 1 aromatic rings. The molecule has 2 aliphatic heterocycles. The Morgan fingerprint density at radius 1 is 1.38 bits per heavy atom. The van der Waals surface area contributed by atoms with Gasteiger partial charge in [-0.2, -0.15) is 0 Å². The number of amides is 1. The van der Waals surface area contributed by atoms with E-state index < -0.39 is 0 Å². The molecule has 0 radical (unpaired) electrons. The van der Waals surface area contributed by atoms with Crippen LogP contribution in [0.1, 0.15) is 27.6 Å². The average molecular weight is 218 g/mol. The summed E-state index contributed by atoms with van der Waals surface area (Å²) in [6, 6.07) is 5.96. The van der Waals surface area contributed by atoms with Crippen LogP contribution in [0.2, 0.25) is 0 Å². The lowest BCUT2D eigenvalue weighted by molar-refractivity contribution is 0.0276.